The Morgan fingerprint density at radius 2 is 2.06 bits per heavy atom. The molecule has 16 heavy (non-hydrogen) atoms. The molecule has 2 N–H and O–H groups in total. The molecule has 1 heterocycles. The number of para-hydroxylation sites is 1. The second-order valence-corrected chi connectivity index (χ2v) is 3.59. The molecule has 0 aliphatic carbocycles. The molecule has 0 aliphatic rings. The zero-order valence-electron chi connectivity index (χ0n) is 8.84. The van der Waals surface area contributed by atoms with Crippen molar-refractivity contribution in [2.75, 3.05) is 5.32 Å². The Kier molecular flexibility index (Phi) is 2.72. The summed E-state index contributed by atoms with van der Waals surface area (Å²) in [6, 6.07) is 10.8. The minimum absolute atomic E-state index is 0.577. The summed E-state index contributed by atoms with van der Waals surface area (Å²) in [7, 11) is 0. The van der Waals surface area contributed by atoms with Gasteiger partial charge in [-0.25, -0.2) is 4.98 Å². The molecule has 0 spiro atoms. The zero-order valence-corrected chi connectivity index (χ0v) is 8.84. The van der Waals surface area contributed by atoms with Crippen LogP contribution in [0.5, 0.6) is 0 Å². The van der Waals surface area contributed by atoms with E-state index in [1.165, 1.54) is 0 Å². The molecule has 4 heteroatoms. The number of fused-ring (bicyclic) bond motifs is 1. The molecule has 0 radical (unpaired) electrons. The monoisotopic (exact) mass is 216 g/mol. The van der Waals surface area contributed by atoms with Crippen LogP contribution in [0, 0.1) is 0 Å². The third-order valence-electron chi connectivity index (χ3n) is 2.33. The molecular weight excluding hydrogens is 204 g/mol. The minimum Gasteiger partial charge on any atom is -0.480 e. The van der Waals surface area contributed by atoms with E-state index in [9.17, 15) is 4.79 Å². The molecule has 0 fully saturated rings. The summed E-state index contributed by atoms with van der Waals surface area (Å²) >= 11 is 0. The summed E-state index contributed by atoms with van der Waals surface area (Å²) in [4.78, 5) is 15.0. The summed E-state index contributed by atoms with van der Waals surface area (Å²) in [5.74, 6) is -0.316. The van der Waals surface area contributed by atoms with E-state index in [1.54, 1.807) is 13.0 Å². The Balaban J connectivity index is 2.29. The van der Waals surface area contributed by atoms with Crippen LogP contribution >= 0.6 is 0 Å². The van der Waals surface area contributed by atoms with Crippen molar-refractivity contribution in [1.29, 1.82) is 0 Å². The van der Waals surface area contributed by atoms with Crippen LogP contribution < -0.4 is 5.32 Å². The van der Waals surface area contributed by atoms with E-state index in [1.807, 2.05) is 30.3 Å². The molecule has 1 aromatic heterocycles. The first-order chi connectivity index (χ1) is 7.66. The summed E-state index contributed by atoms with van der Waals surface area (Å²) in [5.41, 5.74) is 0.852. The first-order valence-corrected chi connectivity index (χ1v) is 5.02. The lowest BCUT2D eigenvalue weighted by Crippen LogP contribution is -2.25. The number of carbonyl (C=O) groups is 1. The van der Waals surface area contributed by atoms with Gasteiger partial charge in [0.1, 0.15) is 11.9 Å². The number of anilines is 1. The highest BCUT2D eigenvalue weighted by Gasteiger charge is 2.10. The molecule has 0 amide bonds. The lowest BCUT2D eigenvalue weighted by Gasteiger charge is -2.10. The molecule has 0 saturated heterocycles. The van der Waals surface area contributed by atoms with Crippen LogP contribution in [-0.4, -0.2) is 22.1 Å². The number of nitrogens with one attached hydrogen (secondary N) is 1. The summed E-state index contributed by atoms with van der Waals surface area (Å²) in [5, 5.41) is 12.6. The molecule has 1 aromatic carbocycles. The number of nitrogens with zero attached hydrogens (tertiary/aromatic N) is 1. The van der Waals surface area contributed by atoms with Gasteiger partial charge in [0.15, 0.2) is 0 Å². The van der Waals surface area contributed by atoms with Crippen molar-refractivity contribution >= 4 is 22.7 Å². The van der Waals surface area contributed by atoms with Crippen molar-refractivity contribution < 1.29 is 9.90 Å². The lowest BCUT2D eigenvalue weighted by atomic mass is 10.2. The molecule has 0 aliphatic heterocycles. The van der Waals surface area contributed by atoms with E-state index in [2.05, 4.69) is 10.3 Å². The number of aliphatic carboxylic acids is 1. The number of hydrogen-bond acceptors (Lipinski definition) is 3. The fourth-order valence-electron chi connectivity index (χ4n) is 1.43. The highest BCUT2D eigenvalue weighted by Crippen LogP contribution is 2.14. The largest absolute Gasteiger partial charge is 0.480 e. The molecule has 0 unspecified atom stereocenters. The van der Waals surface area contributed by atoms with Gasteiger partial charge in [-0.3, -0.25) is 4.79 Å². The average Bonchev–Trinajstić information content (AvgIpc) is 2.28. The smallest absolute Gasteiger partial charge is 0.325 e. The molecule has 0 saturated carbocycles. The number of carboxylic acids is 1. The zero-order chi connectivity index (χ0) is 11.5. The van der Waals surface area contributed by atoms with Crippen LogP contribution in [0.1, 0.15) is 6.92 Å². The van der Waals surface area contributed by atoms with Crippen molar-refractivity contribution in [3.63, 3.8) is 0 Å². The number of aromatic nitrogens is 1. The van der Waals surface area contributed by atoms with Crippen molar-refractivity contribution in [1.82, 2.24) is 4.98 Å². The van der Waals surface area contributed by atoms with Crippen LogP contribution in [0.15, 0.2) is 36.4 Å². The van der Waals surface area contributed by atoms with Gasteiger partial charge in [0.2, 0.25) is 0 Å². The van der Waals surface area contributed by atoms with E-state index in [0.717, 1.165) is 10.9 Å². The Morgan fingerprint density at radius 3 is 2.81 bits per heavy atom. The summed E-state index contributed by atoms with van der Waals surface area (Å²) < 4.78 is 0. The standard InChI is InChI=1S/C12H12N2O2/c1-8(12(15)16)13-11-7-6-9-4-2-3-5-10(9)14-11/h2-8H,1H3,(H,13,14)(H,15,16)/t8-/m1/s1. The maximum Gasteiger partial charge on any atom is 0.325 e. The Labute approximate surface area is 92.9 Å². The maximum atomic E-state index is 10.7. The van der Waals surface area contributed by atoms with Crippen molar-refractivity contribution in [3.05, 3.63) is 36.4 Å². The summed E-state index contributed by atoms with van der Waals surface area (Å²) in [6.07, 6.45) is 0. The third kappa shape index (κ3) is 2.11. The van der Waals surface area contributed by atoms with Gasteiger partial charge in [-0.15, -0.1) is 0 Å². The number of rotatable bonds is 3. The second kappa shape index (κ2) is 4.18. The van der Waals surface area contributed by atoms with E-state index < -0.39 is 12.0 Å². The van der Waals surface area contributed by atoms with Gasteiger partial charge in [-0.1, -0.05) is 18.2 Å². The number of benzene rings is 1. The average molecular weight is 216 g/mol. The Morgan fingerprint density at radius 1 is 1.31 bits per heavy atom. The molecule has 4 nitrogen and oxygen atoms in total. The minimum atomic E-state index is -0.894. The van der Waals surface area contributed by atoms with Gasteiger partial charge in [0.05, 0.1) is 5.52 Å². The van der Waals surface area contributed by atoms with E-state index in [-0.39, 0.29) is 0 Å². The van der Waals surface area contributed by atoms with Crippen molar-refractivity contribution in [3.8, 4) is 0 Å². The Bertz CT molecular complexity index is 525. The molecule has 1 atom stereocenters. The third-order valence-corrected chi connectivity index (χ3v) is 2.33. The predicted molar refractivity (Wildman–Crippen MR) is 62.5 cm³/mol. The van der Waals surface area contributed by atoms with E-state index >= 15 is 0 Å². The number of carboxylic acid groups (broad SMARTS) is 1. The Hall–Kier alpha value is -2.10. The highest BCUT2D eigenvalue weighted by atomic mass is 16.4. The fourth-order valence-corrected chi connectivity index (χ4v) is 1.43. The quantitative estimate of drug-likeness (QED) is 0.824. The van der Waals surface area contributed by atoms with Crippen LogP contribution in [0.3, 0.4) is 0 Å². The van der Waals surface area contributed by atoms with Crippen LogP contribution in [-0.2, 0) is 4.79 Å². The van der Waals surface area contributed by atoms with Crippen molar-refractivity contribution in [2.45, 2.75) is 13.0 Å². The highest BCUT2D eigenvalue weighted by molar-refractivity contribution is 5.81. The molecule has 2 aromatic rings. The molecule has 2 rings (SSSR count). The predicted octanol–water partition coefficient (Wildman–Crippen LogP) is 2.12. The SMILES string of the molecule is C[C@@H](Nc1ccc2ccccc2n1)C(=O)O. The maximum absolute atomic E-state index is 10.7. The summed E-state index contributed by atoms with van der Waals surface area (Å²) in [6.45, 7) is 1.58. The van der Waals surface area contributed by atoms with Crippen LogP contribution in [0.4, 0.5) is 5.82 Å². The normalized spacial score (nSPS) is 12.3. The molecule has 0 bridgehead atoms. The van der Waals surface area contributed by atoms with Gasteiger partial charge in [-0.05, 0) is 25.1 Å². The first-order valence-electron chi connectivity index (χ1n) is 5.02. The van der Waals surface area contributed by atoms with Gasteiger partial charge in [0, 0.05) is 5.39 Å². The fraction of sp³-hybridized carbons (Fsp3) is 0.167. The van der Waals surface area contributed by atoms with Crippen molar-refractivity contribution in [2.24, 2.45) is 0 Å². The van der Waals surface area contributed by atoms with Gasteiger partial charge >= 0.3 is 5.97 Å². The van der Waals surface area contributed by atoms with Gasteiger partial charge in [-0.2, -0.15) is 0 Å². The number of pyridine rings is 1. The van der Waals surface area contributed by atoms with Crippen LogP contribution in [0.25, 0.3) is 10.9 Å². The lowest BCUT2D eigenvalue weighted by molar-refractivity contribution is -0.137. The second-order valence-electron chi connectivity index (χ2n) is 3.59. The van der Waals surface area contributed by atoms with E-state index in [0.29, 0.717) is 5.82 Å². The van der Waals surface area contributed by atoms with E-state index in [4.69, 9.17) is 5.11 Å². The number of hydrogen-bond donors (Lipinski definition) is 2. The van der Waals surface area contributed by atoms with Gasteiger partial charge in [0.25, 0.3) is 0 Å². The van der Waals surface area contributed by atoms with Gasteiger partial charge < -0.3 is 10.4 Å². The van der Waals surface area contributed by atoms with Crippen LogP contribution in [0.2, 0.25) is 0 Å². The molecular formula is C12H12N2O2. The first kappa shape index (κ1) is 10.4. The molecule has 82 valence electrons. The topological polar surface area (TPSA) is 62.2 Å².